The van der Waals surface area contributed by atoms with Gasteiger partial charge < -0.3 is 14.2 Å². The highest BCUT2D eigenvalue weighted by Gasteiger charge is 2.19. The van der Waals surface area contributed by atoms with Gasteiger partial charge in [-0.15, -0.1) is 0 Å². The van der Waals surface area contributed by atoms with E-state index in [9.17, 15) is 14.4 Å². The lowest BCUT2D eigenvalue weighted by Gasteiger charge is -2.18. The maximum atomic E-state index is 12.8. The summed E-state index contributed by atoms with van der Waals surface area (Å²) in [4.78, 5) is 38.2. The Labute approximate surface area is 438 Å². The second-order valence-electron chi connectivity index (χ2n) is 19.2. The van der Waals surface area contributed by atoms with Gasteiger partial charge in [-0.2, -0.15) is 0 Å². The van der Waals surface area contributed by atoms with Crippen molar-refractivity contribution in [1.29, 1.82) is 0 Å². The van der Waals surface area contributed by atoms with E-state index in [2.05, 4.69) is 130 Å². The monoisotopic (exact) mass is 985 g/mol. The van der Waals surface area contributed by atoms with Gasteiger partial charge in [0.2, 0.25) is 0 Å². The summed E-state index contributed by atoms with van der Waals surface area (Å²) >= 11 is 0. The van der Waals surface area contributed by atoms with Gasteiger partial charge in [-0.1, -0.05) is 226 Å². The van der Waals surface area contributed by atoms with Crippen molar-refractivity contribution in [3.63, 3.8) is 0 Å². The van der Waals surface area contributed by atoms with Crippen molar-refractivity contribution in [2.75, 3.05) is 13.2 Å². The lowest BCUT2D eigenvalue weighted by atomic mass is 10.1. The zero-order chi connectivity index (χ0) is 51.4. The fourth-order valence-corrected chi connectivity index (χ4v) is 7.77. The highest BCUT2D eigenvalue weighted by atomic mass is 16.6. The van der Waals surface area contributed by atoms with Crippen LogP contribution in [0.1, 0.15) is 265 Å². The van der Waals surface area contributed by atoms with Crippen molar-refractivity contribution in [2.24, 2.45) is 0 Å². The number of carbonyl (C=O) groups excluding carboxylic acids is 3. The fraction of sp³-hybridized carbons (Fsp3) is 0.677. The Bertz CT molecular complexity index is 1460. The van der Waals surface area contributed by atoms with Crippen molar-refractivity contribution < 1.29 is 28.6 Å². The minimum atomic E-state index is -0.824. The van der Waals surface area contributed by atoms with E-state index in [-0.39, 0.29) is 37.5 Å². The molecule has 0 saturated carbocycles. The van der Waals surface area contributed by atoms with Crippen molar-refractivity contribution in [1.82, 2.24) is 0 Å². The first-order valence-electron chi connectivity index (χ1n) is 29.4. The van der Waals surface area contributed by atoms with E-state index in [1.807, 2.05) is 0 Å². The topological polar surface area (TPSA) is 78.9 Å². The first-order valence-corrected chi connectivity index (χ1v) is 29.4. The number of hydrogen-bond acceptors (Lipinski definition) is 6. The largest absolute Gasteiger partial charge is 0.462 e. The molecule has 404 valence electrons. The molecule has 0 aliphatic carbocycles. The quantitative estimate of drug-likeness (QED) is 0.0261. The molecule has 0 unspecified atom stereocenters. The molecule has 6 nitrogen and oxygen atoms in total. The molecule has 0 aromatic carbocycles. The van der Waals surface area contributed by atoms with E-state index < -0.39 is 6.10 Å². The number of carbonyl (C=O) groups is 3. The van der Waals surface area contributed by atoms with E-state index in [0.717, 1.165) is 89.9 Å². The molecule has 71 heavy (non-hydrogen) atoms. The second kappa shape index (κ2) is 58.6. The van der Waals surface area contributed by atoms with Crippen LogP contribution >= 0.6 is 0 Å². The highest BCUT2D eigenvalue weighted by Crippen LogP contribution is 2.13. The Morgan fingerprint density at radius 1 is 0.282 bits per heavy atom. The molecule has 0 spiro atoms. The van der Waals surface area contributed by atoms with Crippen LogP contribution < -0.4 is 0 Å². The van der Waals surface area contributed by atoms with Gasteiger partial charge in [-0.25, -0.2) is 0 Å². The molecule has 1 atom stereocenters. The number of hydrogen-bond donors (Lipinski definition) is 0. The molecular formula is C65H108O6. The minimum Gasteiger partial charge on any atom is -0.462 e. The number of ether oxygens (including phenoxy) is 3. The predicted molar refractivity (Wildman–Crippen MR) is 307 cm³/mol. The molecule has 0 radical (unpaired) electrons. The molecule has 0 bridgehead atoms. The Kier molecular flexibility index (Phi) is 55.4. The lowest BCUT2D eigenvalue weighted by molar-refractivity contribution is -0.167. The molecule has 0 amide bonds. The molecule has 0 aliphatic rings. The molecular weight excluding hydrogens is 877 g/mol. The van der Waals surface area contributed by atoms with Gasteiger partial charge in [0.15, 0.2) is 6.10 Å². The fourth-order valence-electron chi connectivity index (χ4n) is 7.77. The van der Waals surface area contributed by atoms with Gasteiger partial charge in [-0.05, 0) is 128 Å². The summed E-state index contributed by atoms with van der Waals surface area (Å²) in [5.41, 5.74) is 0. The zero-order valence-corrected chi connectivity index (χ0v) is 46.2. The molecule has 0 aliphatic heterocycles. The Morgan fingerprint density at radius 3 is 0.887 bits per heavy atom. The Morgan fingerprint density at radius 2 is 0.521 bits per heavy atom. The van der Waals surface area contributed by atoms with Crippen LogP contribution in [-0.2, 0) is 28.6 Å². The maximum Gasteiger partial charge on any atom is 0.306 e. The van der Waals surface area contributed by atoms with Gasteiger partial charge in [0.1, 0.15) is 13.2 Å². The first kappa shape index (κ1) is 67.1. The van der Waals surface area contributed by atoms with Gasteiger partial charge in [0.25, 0.3) is 0 Å². The molecule has 0 fully saturated rings. The summed E-state index contributed by atoms with van der Waals surface area (Å²) < 4.78 is 16.8. The van der Waals surface area contributed by atoms with Crippen molar-refractivity contribution in [3.05, 3.63) is 109 Å². The third-order valence-corrected chi connectivity index (χ3v) is 12.2. The normalized spacial score (nSPS) is 12.9. The van der Waals surface area contributed by atoms with Crippen LogP contribution in [0.15, 0.2) is 109 Å². The summed E-state index contributed by atoms with van der Waals surface area (Å²) in [6.07, 6.45) is 79.4. The molecule has 0 N–H and O–H groups in total. The van der Waals surface area contributed by atoms with Crippen molar-refractivity contribution in [2.45, 2.75) is 271 Å². The smallest absolute Gasteiger partial charge is 0.306 e. The number of unbranched alkanes of at least 4 members (excludes halogenated alkanes) is 23. The highest BCUT2D eigenvalue weighted by molar-refractivity contribution is 5.71. The van der Waals surface area contributed by atoms with Gasteiger partial charge in [-0.3, -0.25) is 14.4 Å². The zero-order valence-electron chi connectivity index (χ0n) is 46.2. The standard InChI is InChI=1S/C65H108O6/c1-4-7-10-13-16-19-22-25-28-31-32-35-37-40-43-46-49-52-55-58-64(67)70-61-62(71-65(68)59-56-53-50-47-44-41-38-34-30-27-24-21-18-15-12-9-6-3)60-69-63(66)57-54-51-48-45-42-39-36-33-29-26-23-20-17-14-11-8-5-2/h16,18-19,21,25-30,32,35,38,40-41,43,47,50,62H,4-15,17,20,22-24,31,33-34,36-37,39,42,44-46,48-49,51-61H2,1-3H3/b19-16-,21-18-,28-25-,29-26-,30-27-,35-32-,41-38-,43-40-,50-47-/t62-/m1/s1. The number of allylic oxidation sites excluding steroid dienone is 18. The summed E-state index contributed by atoms with van der Waals surface area (Å²) in [6.45, 7) is 6.51. The van der Waals surface area contributed by atoms with Crippen LogP contribution in [0.25, 0.3) is 0 Å². The Balaban J connectivity index is 4.54. The molecule has 6 heteroatoms. The van der Waals surface area contributed by atoms with Crippen LogP contribution in [0.5, 0.6) is 0 Å². The minimum absolute atomic E-state index is 0.114. The molecule has 0 aromatic heterocycles. The van der Waals surface area contributed by atoms with E-state index in [1.165, 1.54) is 128 Å². The van der Waals surface area contributed by atoms with E-state index in [4.69, 9.17) is 14.2 Å². The Hall–Kier alpha value is -3.93. The van der Waals surface area contributed by atoms with Gasteiger partial charge in [0.05, 0.1) is 0 Å². The average molecular weight is 986 g/mol. The van der Waals surface area contributed by atoms with Crippen molar-refractivity contribution >= 4 is 17.9 Å². The van der Waals surface area contributed by atoms with E-state index >= 15 is 0 Å². The molecule has 0 rings (SSSR count). The third-order valence-electron chi connectivity index (χ3n) is 12.2. The third kappa shape index (κ3) is 56.9. The lowest BCUT2D eigenvalue weighted by Crippen LogP contribution is -2.30. The molecule has 0 heterocycles. The number of rotatable bonds is 52. The van der Waals surface area contributed by atoms with Crippen molar-refractivity contribution in [3.8, 4) is 0 Å². The van der Waals surface area contributed by atoms with E-state index in [1.54, 1.807) is 0 Å². The summed E-state index contributed by atoms with van der Waals surface area (Å²) in [5, 5.41) is 0. The van der Waals surface area contributed by atoms with Crippen LogP contribution in [0.2, 0.25) is 0 Å². The first-order chi connectivity index (χ1) is 35.0. The van der Waals surface area contributed by atoms with Crippen LogP contribution in [0.3, 0.4) is 0 Å². The number of esters is 3. The van der Waals surface area contributed by atoms with Gasteiger partial charge >= 0.3 is 17.9 Å². The van der Waals surface area contributed by atoms with Crippen LogP contribution in [-0.4, -0.2) is 37.2 Å². The second-order valence-corrected chi connectivity index (χ2v) is 19.2. The average Bonchev–Trinajstić information content (AvgIpc) is 3.37. The maximum absolute atomic E-state index is 12.8. The summed E-state index contributed by atoms with van der Waals surface area (Å²) in [6, 6.07) is 0. The SMILES string of the molecule is CCCCC/C=C\C/C=C\C/C=C\C/C=C\CCCCCC(=O)OC[C@@H](COC(=O)CCCCCCCCC/C=C\CCCCCCCC)OC(=O)CCC/C=C\C/C=C\C/C=C\C/C=C\CCCCC. The van der Waals surface area contributed by atoms with E-state index in [0.29, 0.717) is 19.3 Å². The van der Waals surface area contributed by atoms with Crippen LogP contribution in [0.4, 0.5) is 0 Å². The van der Waals surface area contributed by atoms with Crippen LogP contribution in [0, 0.1) is 0 Å². The molecule has 0 aromatic rings. The molecule has 0 saturated heterocycles. The predicted octanol–water partition coefficient (Wildman–Crippen LogP) is 19.9. The summed E-state index contributed by atoms with van der Waals surface area (Å²) in [7, 11) is 0. The van der Waals surface area contributed by atoms with Gasteiger partial charge in [0, 0.05) is 19.3 Å². The summed E-state index contributed by atoms with van der Waals surface area (Å²) in [5.74, 6) is -1.01.